The molecule has 0 unspecified atom stereocenters. The molecular weight excluding hydrogens is 390 g/mol. The maximum atomic E-state index is 12.4. The number of amides is 1. The zero-order valence-electron chi connectivity index (χ0n) is 16.5. The molecule has 1 heterocycles. The highest BCUT2D eigenvalue weighted by Gasteiger charge is 2.21. The van der Waals surface area contributed by atoms with Crippen molar-refractivity contribution in [2.45, 2.75) is 6.54 Å². The highest BCUT2D eigenvalue weighted by atomic mass is 32.2. The van der Waals surface area contributed by atoms with Gasteiger partial charge in [0.2, 0.25) is 0 Å². The summed E-state index contributed by atoms with van der Waals surface area (Å²) in [6, 6.07) is 14.2. The Bertz CT molecular complexity index is 1060. The minimum absolute atomic E-state index is 0.228. The highest BCUT2D eigenvalue weighted by molar-refractivity contribution is 7.90. The van der Waals surface area contributed by atoms with Crippen molar-refractivity contribution in [1.82, 2.24) is 19.2 Å². The average molecular weight is 414 g/mol. The van der Waals surface area contributed by atoms with Gasteiger partial charge in [-0.1, -0.05) is 12.1 Å². The van der Waals surface area contributed by atoms with Gasteiger partial charge in [-0.15, -0.1) is 0 Å². The summed E-state index contributed by atoms with van der Waals surface area (Å²) in [5, 5.41) is 2.87. The molecule has 0 saturated carbocycles. The molecule has 0 aliphatic heterocycles. The Balaban J connectivity index is 1.61. The lowest BCUT2D eigenvalue weighted by Gasteiger charge is -2.23. The molecule has 8 nitrogen and oxygen atoms in total. The number of carbonyl (C=O) groups is 1. The van der Waals surface area contributed by atoms with Crippen molar-refractivity contribution in [2.75, 3.05) is 25.4 Å². The van der Waals surface area contributed by atoms with Crippen molar-refractivity contribution in [3.8, 4) is 5.69 Å². The summed E-state index contributed by atoms with van der Waals surface area (Å²) in [5.74, 6) is -0.228. The molecule has 0 radical (unpaired) electrons. The van der Waals surface area contributed by atoms with Crippen molar-refractivity contribution in [3.63, 3.8) is 0 Å². The third-order valence-corrected chi connectivity index (χ3v) is 6.32. The Hall–Kier alpha value is -3.17. The third kappa shape index (κ3) is 4.64. The molecule has 1 aromatic heterocycles. The predicted octanol–water partition coefficient (Wildman–Crippen LogP) is 2.04. The number of benzene rings is 2. The third-order valence-electron chi connectivity index (χ3n) is 4.49. The van der Waals surface area contributed by atoms with Crippen molar-refractivity contribution in [3.05, 3.63) is 78.4 Å². The van der Waals surface area contributed by atoms with Crippen LogP contribution in [0.15, 0.2) is 67.3 Å². The highest BCUT2D eigenvalue weighted by Crippen LogP contribution is 2.18. The van der Waals surface area contributed by atoms with Gasteiger partial charge in [0.15, 0.2) is 0 Å². The second kappa shape index (κ2) is 8.46. The van der Waals surface area contributed by atoms with Gasteiger partial charge in [-0.25, -0.2) is 4.98 Å². The van der Waals surface area contributed by atoms with Gasteiger partial charge in [0.05, 0.1) is 12.0 Å². The van der Waals surface area contributed by atoms with E-state index < -0.39 is 10.2 Å². The Kier molecular flexibility index (Phi) is 6.00. The van der Waals surface area contributed by atoms with Gasteiger partial charge in [0.25, 0.3) is 5.91 Å². The van der Waals surface area contributed by atoms with E-state index >= 15 is 0 Å². The molecule has 29 heavy (non-hydrogen) atoms. The molecule has 0 spiro atoms. The van der Waals surface area contributed by atoms with Gasteiger partial charge >= 0.3 is 10.2 Å². The number of hydrogen-bond acceptors (Lipinski definition) is 4. The minimum atomic E-state index is -3.57. The topological polar surface area (TPSA) is 87.5 Å². The monoisotopic (exact) mass is 413 g/mol. The number of anilines is 1. The van der Waals surface area contributed by atoms with Crippen LogP contribution in [-0.4, -0.2) is 49.3 Å². The van der Waals surface area contributed by atoms with E-state index in [0.29, 0.717) is 17.8 Å². The average Bonchev–Trinajstić information content (AvgIpc) is 3.26. The molecule has 0 saturated heterocycles. The Labute approximate surface area is 170 Å². The lowest BCUT2D eigenvalue weighted by atomic mass is 10.1. The second-order valence-electron chi connectivity index (χ2n) is 6.62. The zero-order chi connectivity index (χ0) is 21.0. The molecule has 0 aliphatic carbocycles. The largest absolute Gasteiger partial charge is 0.348 e. The van der Waals surface area contributed by atoms with Crippen LogP contribution < -0.4 is 9.62 Å². The normalized spacial score (nSPS) is 11.4. The van der Waals surface area contributed by atoms with Crippen LogP contribution in [0.2, 0.25) is 0 Å². The van der Waals surface area contributed by atoms with Crippen LogP contribution in [0.5, 0.6) is 0 Å². The molecule has 0 fully saturated rings. The summed E-state index contributed by atoms with van der Waals surface area (Å²) in [7, 11) is 0.837. The molecule has 0 bridgehead atoms. The number of aromatic nitrogens is 2. The fourth-order valence-corrected chi connectivity index (χ4v) is 3.56. The zero-order valence-corrected chi connectivity index (χ0v) is 17.3. The molecule has 2 aromatic carbocycles. The molecule has 3 rings (SSSR count). The first-order valence-electron chi connectivity index (χ1n) is 8.91. The first-order valence-corrected chi connectivity index (χ1v) is 10.3. The predicted molar refractivity (Wildman–Crippen MR) is 112 cm³/mol. The van der Waals surface area contributed by atoms with Crippen LogP contribution in [0.25, 0.3) is 5.69 Å². The van der Waals surface area contributed by atoms with Crippen LogP contribution >= 0.6 is 0 Å². The Morgan fingerprint density at radius 3 is 2.24 bits per heavy atom. The van der Waals surface area contributed by atoms with Gasteiger partial charge in [-0.05, 0) is 42.0 Å². The van der Waals surface area contributed by atoms with Gasteiger partial charge in [-0.3, -0.25) is 9.10 Å². The maximum Gasteiger partial charge on any atom is 0.303 e. The first kappa shape index (κ1) is 20.6. The van der Waals surface area contributed by atoms with Crippen molar-refractivity contribution in [1.29, 1.82) is 0 Å². The molecule has 0 aliphatic rings. The van der Waals surface area contributed by atoms with Crippen molar-refractivity contribution < 1.29 is 13.2 Å². The number of hydrogen-bond donors (Lipinski definition) is 1. The van der Waals surface area contributed by atoms with E-state index in [2.05, 4.69) is 10.3 Å². The van der Waals surface area contributed by atoms with Crippen LogP contribution in [0, 0.1) is 0 Å². The fourth-order valence-electron chi connectivity index (χ4n) is 2.68. The fraction of sp³-hybridized carbons (Fsp3) is 0.200. The molecule has 9 heteroatoms. The molecule has 3 aromatic rings. The summed E-state index contributed by atoms with van der Waals surface area (Å²) < 4.78 is 28.5. The second-order valence-corrected chi connectivity index (χ2v) is 8.80. The molecule has 152 valence electrons. The SMILES string of the molecule is CN(C)S(=O)(=O)N(C)c1ccc(C(=O)NCc2ccc(-n3ccnc3)cc2)cc1. The van der Waals surface area contributed by atoms with Crippen LogP contribution in [0.1, 0.15) is 15.9 Å². The molecule has 1 amide bonds. The van der Waals surface area contributed by atoms with Gasteiger partial charge in [0.1, 0.15) is 0 Å². The number of nitrogens with one attached hydrogen (secondary N) is 1. The van der Waals surface area contributed by atoms with E-state index in [1.165, 1.54) is 21.1 Å². The van der Waals surface area contributed by atoms with Crippen LogP contribution in [0.4, 0.5) is 5.69 Å². The summed E-state index contributed by atoms with van der Waals surface area (Å²) in [4.78, 5) is 16.4. The van der Waals surface area contributed by atoms with Gasteiger partial charge in [-0.2, -0.15) is 12.7 Å². The number of rotatable bonds is 7. The lowest BCUT2D eigenvalue weighted by Crippen LogP contribution is -2.37. The summed E-state index contributed by atoms with van der Waals surface area (Å²) in [6.45, 7) is 0.389. The number of nitrogens with zero attached hydrogens (tertiary/aromatic N) is 4. The minimum Gasteiger partial charge on any atom is -0.348 e. The summed E-state index contributed by atoms with van der Waals surface area (Å²) >= 11 is 0. The summed E-state index contributed by atoms with van der Waals surface area (Å²) in [6.07, 6.45) is 5.30. The van der Waals surface area contributed by atoms with Crippen molar-refractivity contribution >= 4 is 21.8 Å². The van der Waals surface area contributed by atoms with E-state index in [1.54, 1.807) is 36.8 Å². The maximum absolute atomic E-state index is 12.4. The standard InChI is InChI=1S/C20H23N5O3S/c1-23(2)29(27,28)24(3)18-10-6-17(7-11-18)20(26)22-14-16-4-8-19(9-5-16)25-13-12-21-15-25/h4-13,15H,14H2,1-3H3,(H,22,26). The molecule has 0 atom stereocenters. The van der Waals surface area contributed by atoms with Gasteiger partial charge < -0.3 is 9.88 Å². The van der Waals surface area contributed by atoms with Crippen molar-refractivity contribution in [2.24, 2.45) is 0 Å². The molecular formula is C20H23N5O3S. The summed E-state index contributed by atoms with van der Waals surface area (Å²) in [5.41, 5.74) is 2.89. The van der Waals surface area contributed by atoms with E-state index in [1.807, 2.05) is 35.0 Å². The van der Waals surface area contributed by atoms with Gasteiger partial charge in [0, 0.05) is 51.3 Å². The number of imidazole rings is 1. The van der Waals surface area contributed by atoms with E-state index in [4.69, 9.17) is 0 Å². The Morgan fingerprint density at radius 1 is 1.03 bits per heavy atom. The van der Waals surface area contributed by atoms with Crippen LogP contribution in [0.3, 0.4) is 0 Å². The Morgan fingerprint density at radius 2 is 1.69 bits per heavy atom. The smallest absolute Gasteiger partial charge is 0.303 e. The first-order chi connectivity index (χ1) is 13.8. The molecule has 1 N–H and O–H groups in total. The van der Waals surface area contributed by atoms with E-state index in [0.717, 1.165) is 19.9 Å². The van der Waals surface area contributed by atoms with E-state index in [9.17, 15) is 13.2 Å². The van der Waals surface area contributed by atoms with Crippen LogP contribution in [-0.2, 0) is 16.8 Å². The van der Waals surface area contributed by atoms with E-state index in [-0.39, 0.29) is 5.91 Å². The quantitative estimate of drug-likeness (QED) is 0.642. The number of carbonyl (C=O) groups excluding carboxylic acids is 1. The lowest BCUT2D eigenvalue weighted by molar-refractivity contribution is 0.0951.